The standard InChI is InChI=1S/C10H8ClF3N2O/c11-6-3-1-2-5(10(12,13)14)8(6)16-4-7(15)9(16)17/h1-3,7H,4,15H2. The van der Waals surface area contributed by atoms with E-state index in [1.54, 1.807) is 0 Å². The van der Waals surface area contributed by atoms with E-state index in [2.05, 4.69) is 0 Å². The number of rotatable bonds is 1. The zero-order valence-corrected chi connectivity index (χ0v) is 9.22. The summed E-state index contributed by atoms with van der Waals surface area (Å²) in [7, 11) is 0. The first-order chi connectivity index (χ1) is 7.82. The van der Waals surface area contributed by atoms with Gasteiger partial charge in [-0.15, -0.1) is 0 Å². The molecule has 1 fully saturated rings. The van der Waals surface area contributed by atoms with Crippen LogP contribution in [0.3, 0.4) is 0 Å². The van der Waals surface area contributed by atoms with Crippen molar-refractivity contribution in [3.63, 3.8) is 0 Å². The van der Waals surface area contributed by atoms with Crippen LogP contribution >= 0.6 is 11.6 Å². The summed E-state index contributed by atoms with van der Waals surface area (Å²) < 4.78 is 38.2. The SMILES string of the molecule is NC1CN(c2c(Cl)cccc2C(F)(F)F)C1=O. The van der Waals surface area contributed by atoms with Crippen LogP contribution in [0.5, 0.6) is 0 Å². The number of hydrogen-bond acceptors (Lipinski definition) is 2. The zero-order valence-electron chi connectivity index (χ0n) is 8.46. The van der Waals surface area contributed by atoms with Crippen LogP contribution in [-0.2, 0) is 11.0 Å². The largest absolute Gasteiger partial charge is 0.418 e. The number of β-lactam (4-membered cyclic amide) rings is 1. The molecular weight excluding hydrogens is 257 g/mol. The molecule has 1 saturated heterocycles. The van der Waals surface area contributed by atoms with Crippen molar-refractivity contribution < 1.29 is 18.0 Å². The predicted octanol–water partition coefficient (Wildman–Crippen LogP) is 2.03. The summed E-state index contributed by atoms with van der Waals surface area (Å²) in [5.41, 5.74) is 4.11. The Hall–Kier alpha value is -1.27. The van der Waals surface area contributed by atoms with Crippen molar-refractivity contribution >= 4 is 23.2 Å². The van der Waals surface area contributed by atoms with Crippen LogP contribution in [0.2, 0.25) is 5.02 Å². The second-order valence-corrected chi connectivity index (χ2v) is 4.10. The summed E-state index contributed by atoms with van der Waals surface area (Å²) in [5, 5.41) is -0.111. The molecule has 1 atom stereocenters. The van der Waals surface area contributed by atoms with E-state index in [1.165, 1.54) is 12.1 Å². The average Bonchev–Trinajstić information content (AvgIpc) is 2.24. The number of para-hydroxylation sites is 1. The van der Waals surface area contributed by atoms with Crippen LogP contribution in [0.25, 0.3) is 0 Å². The summed E-state index contributed by atoms with van der Waals surface area (Å²) in [4.78, 5) is 12.3. The average molecular weight is 265 g/mol. The monoisotopic (exact) mass is 264 g/mol. The number of nitrogens with zero attached hydrogens (tertiary/aromatic N) is 1. The minimum atomic E-state index is -4.56. The molecule has 1 unspecified atom stereocenters. The van der Waals surface area contributed by atoms with Crippen LogP contribution < -0.4 is 10.6 Å². The Bertz CT molecular complexity index is 475. The molecule has 3 nitrogen and oxygen atoms in total. The lowest BCUT2D eigenvalue weighted by molar-refractivity contribution is -0.137. The summed E-state index contributed by atoms with van der Waals surface area (Å²) in [6, 6.07) is 2.65. The molecule has 0 saturated carbocycles. The molecule has 0 radical (unpaired) electrons. The van der Waals surface area contributed by atoms with Gasteiger partial charge in [0.15, 0.2) is 0 Å². The van der Waals surface area contributed by atoms with E-state index in [1.807, 2.05) is 0 Å². The van der Waals surface area contributed by atoms with Gasteiger partial charge in [0.2, 0.25) is 5.91 Å². The highest BCUT2D eigenvalue weighted by Gasteiger charge is 2.42. The maximum absolute atomic E-state index is 12.7. The van der Waals surface area contributed by atoms with Crippen molar-refractivity contribution in [1.29, 1.82) is 0 Å². The number of hydrogen-bond donors (Lipinski definition) is 1. The van der Waals surface area contributed by atoms with Crippen molar-refractivity contribution in [2.45, 2.75) is 12.2 Å². The number of nitrogens with two attached hydrogens (primary N) is 1. The van der Waals surface area contributed by atoms with Gasteiger partial charge < -0.3 is 10.6 Å². The van der Waals surface area contributed by atoms with Gasteiger partial charge in [0.25, 0.3) is 0 Å². The predicted molar refractivity (Wildman–Crippen MR) is 56.8 cm³/mol. The van der Waals surface area contributed by atoms with Gasteiger partial charge in [0, 0.05) is 0 Å². The van der Waals surface area contributed by atoms with Gasteiger partial charge in [-0.25, -0.2) is 0 Å². The molecule has 1 heterocycles. The molecule has 0 bridgehead atoms. The first-order valence-corrected chi connectivity index (χ1v) is 5.13. The Morgan fingerprint density at radius 1 is 1.41 bits per heavy atom. The maximum Gasteiger partial charge on any atom is 0.418 e. The van der Waals surface area contributed by atoms with Crippen LogP contribution in [0.1, 0.15) is 5.56 Å². The third-order valence-electron chi connectivity index (χ3n) is 2.52. The molecule has 1 aliphatic heterocycles. The Balaban J connectivity index is 2.49. The topological polar surface area (TPSA) is 46.3 Å². The first kappa shape index (κ1) is 12.2. The molecule has 0 spiro atoms. The lowest BCUT2D eigenvalue weighted by Crippen LogP contribution is -2.61. The maximum atomic E-state index is 12.7. The first-order valence-electron chi connectivity index (χ1n) is 4.75. The number of carbonyl (C=O) groups excluding carboxylic acids is 1. The van der Waals surface area contributed by atoms with Gasteiger partial charge >= 0.3 is 6.18 Å². The number of anilines is 1. The van der Waals surface area contributed by atoms with E-state index < -0.39 is 23.7 Å². The molecule has 1 amide bonds. The van der Waals surface area contributed by atoms with Crippen molar-refractivity contribution in [3.8, 4) is 0 Å². The van der Waals surface area contributed by atoms with E-state index in [9.17, 15) is 18.0 Å². The Morgan fingerprint density at radius 2 is 2.06 bits per heavy atom. The molecule has 2 N–H and O–H groups in total. The molecule has 92 valence electrons. The van der Waals surface area contributed by atoms with Crippen LogP contribution in [0.4, 0.5) is 18.9 Å². The highest BCUT2D eigenvalue weighted by Crippen LogP contribution is 2.42. The van der Waals surface area contributed by atoms with Gasteiger partial charge in [0.05, 0.1) is 22.8 Å². The number of amides is 1. The molecular formula is C10H8ClF3N2O. The fourth-order valence-electron chi connectivity index (χ4n) is 1.67. The van der Waals surface area contributed by atoms with Crippen LogP contribution in [0, 0.1) is 0 Å². The van der Waals surface area contributed by atoms with Gasteiger partial charge in [-0.1, -0.05) is 17.7 Å². The number of halogens is 4. The van der Waals surface area contributed by atoms with Crippen LogP contribution in [0.15, 0.2) is 18.2 Å². The summed E-state index contributed by atoms with van der Waals surface area (Å²) in [6.07, 6.45) is -4.56. The van der Waals surface area contributed by atoms with E-state index in [-0.39, 0.29) is 17.3 Å². The molecule has 7 heteroatoms. The number of alkyl halides is 3. The van der Waals surface area contributed by atoms with Gasteiger partial charge in [-0.05, 0) is 12.1 Å². The Labute approximate surface area is 99.9 Å². The minimum absolute atomic E-state index is 0.0473. The van der Waals surface area contributed by atoms with Crippen molar-refractivity contribution in [1.82, 2.24) is 0 Å². The van der Waals surface area contributed by atoms with Gasteiger partial charge in [-0.2, -0.15) is 13.2 Å². The van der Waals surface area contributed by atoms with Crippen molar-refractivity contribution in [2.75, 3.05) is 11.4 Å². The van der Waals surface area contributed by atoms with Crippen molar-refractivity contribution in [2.24, 2.45) is 5.73 Å². The fourth-order valence-corrected chi connectivity index (χ4v) is 1.95. The lowest BCUT2D eigenvalue weighted by atomic mass is 10.0. The van der Waals surface area contributed by atoms with E-state index in [0.29, 0.717) is 0 Å². The molecule has 0 aromatic heterocycles. The zero-order chi connectivity index (χ0) is 12.8. The van der Waals surface area contributed by atoms with Crippen LogP contribution in [-0.4, -0.2) is 18.5 Å². The molecule has 1 aromatic carbocycles. The summed E-state index contributed by atoms with van der Waals surface area (Å²) in [5.74, 6) is -0.552. The summed E-state index contributed by atoms with van der Waals surface area (Å²) in [6.45, 7) is 0.0473. The highest BCUT2D eigenvalue weighted by atomic mass is 35.5. The molecule has 2 rings (SSSR count). The molecule has 17 heavy (non-hydrogen) atoms. The molecule has 0 aliphatic carbocycles. The number of carbonyl (C=O) groups is 1. The Kier molecular flexibility index (Phi) is 2.79. The second-order valence-electron chi connectivity index (χ2n) is 3.69. The van der Waals surface area contributed by atoms with E-state index in [4.69, 9.17) is 17.3 Å². The smallest absolute Gasteiger partial charge is 0.318 e. The normalized spacial score (nSPS) is 20.4. The fraction of sp³-hybridized carbons (Fsp3) is 0.300. The lowest BCUT2D eigenvalue weighted by Gasteiger charge is -2.37. The van der Waals surface area contributed by atoms with Gasteiger partial charge in [0.1, 0.15) is 6.04 Å². The van der Waals surface area contributed by atoms with E-state index in [0.717, 1.165) is 11.0 Å². The third kappa shape index (κ3) is 1.98. The Morgan fingerprint density at radius 3 is 2.53 bits per heavy atom. The van der Waals surface area contributed by atoms with Crippen molar-refractivity contribution in [3.05, 3.63) is 28.8 Å². The molecule has 1 aliphatic rings. The molecule has 1 aromatic rings. The second kappa shape index (κ2) is 3.89. The third-order valence-corrected chi connectivity index (χ3v) is 2.83. The minimum Gasteiger partial charge on any atom is -0.318 e. The van der Waals surface area contributed by atoms with Gasteiger partial charge in [-0.3, -0.25) is 4.79 Å². The summed E-state index contributed by atoms with van der Waals surface area (Å²) >= 11 is 5.72. The quantitative estimate of drug-likeness (QED) is 0.789. The number of benzene rings is 1. The van der Waals surface area contributed by atoms with E-state index >= 15 is 0 Å². The highest BCUT2D eigenvalue weighted by molar-refractivity contribution is 6.34.